The number of ether oxygens (including phenoxy) is 2. The SMILES string of the molecule is COc1ccccc1OC(C)CNCc1ccc(C(=O)O)cc1. The van der Waals surface area contributed by atoms with Crippen LogP contribution in [0.3, 0.4) is 0 Å². The summed E-state index contributed by atoms with van der Waals surface area (Å²) < 4.78 is 11.1. The minimum absolute atomic E-state index is 0.0235. The molecule has 0 bridgehead atoms. The molecule has 5 heteroatoms. The molecule has 2 N–H and O–H groups in total. The molecule has 0 radical (unpaired) electrons. The highest BCUT2D eigenvalue weighted by Gasteiger charge is 2.08. The van der Waals surface area contributed by atoms with Crippen molar-refractivity contribution in [1.29, 1.82) is 0 Å². The van der Waals surface area contributed by atoms with Crippen molar-refractivity contribution in [3.05, 3.63) is 59.7 Å². The van der Waals surface area contributed by atoms with Gasteiger partial charge in [-0.1, -0.05) is 24.3 Å². The summed E-state index contributed by atoms with van der Waals surface area (Å²) in [6.45, 7) is 3.30. The Morgan fingerprint density at radius 3 is 2.39 bits per heavy atom. The third kappa shape index (κ3) is 5.00. The molecule has 0 aliphatic heterocycles. The highest BCUT2D eigenvalue weighted by molar-refractivity contribution is 5.87. The van der Waals surface area contributed by atoms with Crippen LogP contribution >= 0.6 is 0 Å². The van der Waals surface area contributed by atoms with Crippen LogP contribution in [0.15, 0.2) is 48.5 Å². The largest absolute Gasteiger partial charge is 0.493 e. The van der Waals surface area contributed by atoms with E-state index in [-0.39, 0.29) is 6.10 Å². The number of hydrogen-bond acceptors (Lipinski definition) is 4. The molecule has 1 atom stereocenters. The molecular formula is C18H21NO4. The number of carboxylic acids is 1. The predicted molar refractivity (Wildman–Crippen MR) is 88.2 cm³/mol. The average molecular weight is 315 g/mol. The van der Waals surface area contributed by atoms with Gasteiger partial charge in [0.25, 0.3) is 0 Å². The Bertz CT molecular complexity index is 640. The number of para-hydroxylation sites is 2. The summed E-state index contributed by atoms with van der Waals surface area (Å²) >= 11 is 0. The van der Waals surface area contributed by atoms with Crippen LogP contribution in [0.5, 0.6) is 11.5 Å². The van der Waals surface area contributed by atoms with Crippen LogP contribution in [0.1, 0.15) is 22.8 Å². The number of aromatic carboxylic acids is 1. The molecule has 0 spiro atoms. The van der Waals surface area contributed by atoms with Gasteiger partial charge < -0.3 is 19.9 Å². The Morgan fingerprint density at radius 2 is 1.78 bits per heavy atom. The lowest BCUT2D eigenvalue weighted by molar-refractivity contribution is 0.0697. The molecule has 0 fully saturated rings. The second-order valence-electron chi connectivity index (χ2n) is 5.21. The Labute approximate surface area is 135 Å². The second kappa shape index (κ2) is 8.19. The third-order valence-electron chi connectivity index (χ3n) is 3.36. The summed E-state index contributed by atoms with van der Waals surface area (Å²) in [5, 5.41) is 12.2. The number of carbonyl (C=O) groups is 1. The summed E-state index contributed by atoms with van der Waals surface area (Å²) in [5.41, 5.74) is 1.32. The van der Waals surface area contributed by atoms with E-state index in [2.05, 4.69) is 5.32 Å². The smallest absolute Gasteiger partial charge is 0.335 e. The molecule has 23 heavy (non-hydrogen) atoms. The first-order valence-corrected chi connectivity index (χ1v) is 7.42. The van der Waals surface area contributed by atoms with E-state index in [9.17, 15) is 4.79 Å². The van der Waals surface area contributed by atoms with Gasteiger partial charge in [0, 0.05) is 13.1 Å². The van der Waals surface area contributed by atoms with Crippen molar-refractivity contribution in [3.63, 3.8) is 0 Å². The van der Waals surface area contributed by atoms with Crippen LogP contribution in [0, 0.1) is 0 Å². The van der Waals surface area contributed by atoms with Crippen LogP contribution in [-0.2, 0) is 6.54 Å². The maximum absolute atomic E-state index is 10.8. The van der Waals surface area contributed by atoms with Gasteiger partial charge in [-0.2, -0.15) is 0 Å². The van der Waals surface area contributed by atoms with Gasteiger partial charge in [0.2, 0.25) is 0 Å². The van der Waals surface area contributed by atoms with Gasteiger partial charge >= 0.3 is 5.97 Å². The molecule has 0 aromatic heterocycles. The lowest BCUT2D eigenvalue weighted by Gasteiger charge is -2.17. The molecule has 1 unspecified atom stereocenters. The number of methoxy groups -OCH3 is 1. The quantitative estimate of drug-likeness (QED) is 0.784. The maximum atomic E-state index is 10.8. The van der Waals surface area contributed by atoms with Gasteiger partial charge in [-0.15, -0.1) is 0 Å². The lowest BCUT2D eigenvalue weighted by atomic mass is 10.1. The fourth-order valence-electron chi connectivity index (χ4n) is 2.16. The standard InChI is InChI=1S/C18H21NO4/c1-13(23-17-6-4-3-5-16(17)22-2)11-19-12-14-7-9-15(10-8-14)18(20)21/h3-10,13,19H,11-12H2,1-2H3,(H,20,21). The third-order valence-corrected chi connectivity index (χ3v) is 3.36. The van der Waals surface area contributed by atoms with Crippen LogP contribution in [-0.4, -0.2) is 30.8 Å². The van der Waals surface area contributed by atoms with Crippen molar-refractivity contribution in [1.82, 2.24) is 5.32 Å². The van der Waals surface area contributed by atoms with E-state index >= 15 is 0 Å². The molecule has 0 saturated heterocycles. The first-order chi connectivity index (χ1) is 11.1. The average Bonchev–Trinajstić information content (AvgIpc) is 2.56. The Hall–Kier alpha value is -2.53. The van der Waals surface area contributed by atoms with Crippen LogP contribution in [0.25, 0.3) is 0 Å². The fraction of sp³-hybridized carbons (Fsp3) is 0.278. The van der Waals surface area contributed by atoms with E-state index in [4.69, 9.17) is 14.6 Å². The number of nitrogens with one attached hydrogen (secondary N) is 1. The minimum Gasteiger partial charge on any atom is -0.493 e. The van der Waals surface area contributed by atoms with Crippen molar-refractivity contribution >= 4 is 5.97 Å². The molecule has 0 aliphatic carbocycles. The van der Waals surface area contributed by atoms with Gasteiger partial charge in [0.1, 0.15) is 6.10 Å². The highest BCUT2D eigenvalue weighted by atomic mass is 16.5. The van der Waals surface area contributed by atoms with Crippen LogP contribution in [0.2, 0.25) is 0 Å². The van der Waals surface area contributed by atoms with Gasteiger partial charge in [0.15, 0.2) is 11.5 Å². The molecule has 2 aromatic rings. The van der Waals surface area contributed by atoms with Crippen molar-refractivity contribution in [2.45, 2.75) is 19.6 Å². The summed E-state index contributed by atoms with van der Waals surface area (Å²) in [5.74, 6) is 0.516. The van der Waals surface area contributed by atoms with Crippen LogP contribution in [0.4, 0.5) is 0 Å². The zero-order valence-corrected chi connectivity index (χ0v) is 13.3. The van der Waals surface area contributed by atoms with Crippen molar-refractivity contribution in [2.24, 2.45) is 0 Å². The number of rotatable bonds is 8. The molecule has 0 amide bonds. The normalized spacial score (nSPS) is 11.7. The van der Waals surface area contributed by atoms with E-state index in [1.165, 1.54) is 0 Å². The maximum Gasteiger partial charge on any atom is 0.335 e. The molecule has 0 heterocycles. The summed E-state index contributed by atoms with van der Waals surface area (Å²) in [6, 6.07) is 14.4. The highest BCUT2D eigenvalue weighted by Crippen LogP contribution is 2.26. The van der Waals surface area contributed by atoms with E-state index in [0.717, 1.165) is 11.3 Å². The summed E-state index contributed by atoms with van der Waals surface area (Å²) in [6.07, 6.45) is -0.0235. The van der Waals surface area contributed by atoms with Gasteiger partial charge in [0.05, 0.1) is 12.7 Å². The van der Waals surface area contributed by atoms with E-state index in [1.807, 2.05) is 43.3 Å². The summed E-state index contributed by atoms with van der Waals surface area (Å²) in [7, 11) is 1.62. The Balaban J connectivity index is 1.80. The molecule has 0 saturated carbocycles. The topological polar surface area (TPSA) is 67.8 Å². The molecule has 2 rings (SSSR count). The number of hydrogen-bond donors (Lipinski definition) is 2. The molecule has 2 aromatic carbocycles. The Morgan fingerprint density at radius 1 is 1.13 bits per heavy atom. The Kier molecular flexibility index (Phi) is 6.00. The number of carboxylic acid groups (broad SMARTS) is 1. The van der Waals surface area contributed by atoms with Gasteiger partial charge in [-0.3, -0.25) is 0 Å². The van der Waals surface area contributed by atoms with Crippen molar-refractivity contribution in [3.8, 4) is 11.5 Å². The monoisotopic (exact) mass is 315 g/mol. The first-order valence-electron chi connectivity index (χ1n) is 7.42. The van der Waals surface area contributed by atoms with Gasteiger partial charge in [-0.25, -0.2) is 4.79 Å². The molecular weight excluding hydrogens is 294 g/mol. The van der Waals surface area contributed by atoms with E-state index in [0.29, 0.717) is 24.4 Å². The minimum atomic E-state index is -0.914. The fourth-order valence-corrected chi connectivity index (χ4v) is 2.16. The van der Waals surface area contributed by atoms with Crippen molar-refractivity contribution < 1.29 is 19.4 Å². The first kappa shape index (κ1) is 16.8. The van der Waals surface area contributed by atoms with E-state index in [1.54, 1.807) is 19.2 Å². The van der Waals surface area contributed by atoms with Crippen LogP contribution < -0.4 is 14.8 Å². The lowest BCUT2D eigenvalue weighted by Crippen LogP contribution is -2.28. The second-order valence-corrected chi connectivity index (χ2v) is 5.21. The zero-order chi connectivity index (χ0) is 16.7. The van der Waals surface area contributed by atoms with Crippen molar-refractivity contribution in [2.75, 3.05) is 13.7 Å². The van der Waals surface area contributed by atoms with Gasteiger partial charge in [-0.05, 0) is 36.8 Å². The summed E-state index contributed by atoms with van der Waals surface area (Å²) in [4.78, 5) is 10.8. The molecule has 122 valence electrons. The zero-order valence-electron chi connectivity index (χ0n) is 13.3. The molecule has 0 aliphatic rings. The predicted octanol–water partition coefficient (Wildman–Crippen LogP) is 2.95. The molecule has 5 nitrogen and oxygen atoms in total. The number of benzene rings is 2. The van der Waals surface area contributed by atoms with E-state index < -0.39 is 5.97 Å².